The molecule has 0 fully saturated rings. The highest BCUT2D eigenvalue weighted by atomic mass is 79.9. The molecule has 1 aromatic carbocycles. The summed E-state index contributed by atoms with van der Waals surface area (Å²) in [7, 11) is 0. The van der Waals surface area contributed by atoms with Gasteiger partial charge in [0.2, 0.25) is 0 Å². The van der Waals surface area contributed by atoms with Crippen molar-refractivity contribution in [3.8, 4) is 0 Å². The molecule has 18 heavy (non-hydrogen) atoms. The van der Waals surface area contributed by atoms with E-state index < -0.39 is 6.10 Å². The van der Waals surface area contributed by atoms with Crippen molar-refractivity contribution in [2.75, 3.05) is 0 Å². The van der Waals surface area contributed by atoms with Gasteiger partial charge in [-0.05, 0) is 34.5 Å². The van der Waals surface area contributed by atoms with Crippen molar-refractivity contribution < 1.29 is 9.50 Å². The summed E-state index contributed by atoms with van der Waals surface area (Å²) >= 11 is 3.16. The van der Waals surface area contributed by atoms with E-state index in [0.717, 1.165) is 12.4 Å². The number of nitrogens with zero attached hydrogens (tertiary/aromatic N) is 2. The van der Waals surface area contributed by atoms with Crippen LogP contribution in [0.3, 0.4) is 0 Å². The minimum Gasteiger partial charge on any atom is -0.388 e. The highest BCUT2D eigenvalue weighted by Gasteiger charge is 2.16. The van der Waals surface area contributed by atoms with Crippen LogP contribution in [0.25, 0.3) is 0 Å². The van der Waals surface area contributed by atoms with Crippen molar-refractivity contribution in [2.45, 2.75) is 26.0 Å². The van der Waals surface area contributed by atoms with E-state index in [0.29, 0.717) is 16.5 Å². The molecule has 0 aliphatic heterocycles. The molecule has 1 heterocycles. The van der Waals surface area contributed by atoms with Crippen molar-refractivity contribution >= 4 is 15.9 Å². The predicted octanol–water partition coefficient (Wildman–Crippen LogP) is 3.08. The Kier molecular flexibility index (Phi) is 4.14. The van der Waals surface area contributed by atoms with E-state index in [1.807, 2.05) is 17.7 Å². The summed E-state index contributed by atoms with van der Waals surface area (Å²) in [5.41, 5.74) is 0.542. The average molecular weight is 313 g/mol. The molecule has 1 N–H and O–H groups in total. The summed E-state index contributed by atoms with van der Waals surface area (Å²) in [6.07, 6.45) is 3.15. The van der Waals surface area contributed by atoms with Crippen molar-refractivity contribution in [3.63, 3.8) is 0 Å². The van der Waals surface area contributed by atoms with E-state index in [2.05, 4.69) is 20.9 Å². The molecule has 0 amide bonds. The zero-order chi connectivity index (χ0) is 13.1. The highest BCUT2D eigenvalue weighted by Crippen LogP contribution is 2.27. The van der Waals surface area contributed by atoms with Gasteiger partial charge in [0.05, 0.1) is 10.6 Å². The van der Waals surface area contributed by atoms with E-state index >= 15 is 0 Å². The number of aromatic nitrogens is 2. The van der Waals surface area contributed by atoms with Crippen LogP contribution in [0.1, 0.15) is 24.4 Å². The molecule has 1 aromatic heterocycles. The number of aryl methyl sites for hydroxylation is 1. The number of hydrogen-bond donors (Lipinski definition) is 1. The first-order valence-corrected chi connectivity index (χ1v) is 6.54. The molecular formula is C13H14BrFN2O. The molecule has 0 aliphatic carbocycles. The van der Waals surface area contributed by atoms with E-state index in [1.165, 1.54) is 6.07 Å². The van der Waals surface area contributed by atoms with E-state index in [9.17, 15) is 9.50 Å². The van der Waals surface area contributed by atoms with Gasteiger partial charge in [-0.25, -0.2) is 9.37 Å². The Balaban J connectivity index is 2.22. The van der Waals surface area contributed by atoms with Crippen molar-refractivity contribution in [1.82, 2.24) is 9.55 Å². The maximum atomic E-state index is 13.4. The smallest absolute Gasteiger partial charge is 0.137 e. The standard InChI is InChI=1S/C13H14BrFN2O/c1-2-17-7-6-16-12(17)8-11(18)9-4-3-5-10(15)13(9)14/h3-7,11,18H,2,8H2,1H3. The first kappa shape index (κ1) is 13.2. The second-order valence-corrected chi connectivity index (χ2v) is 4.79. The average Bonchev–Trinajstić information content (AvgIpc) is 2.79. The molecule has 3 nitrogen and oxygen atoms in total. The Labute approximate surface area is 113 Å². The van der Waals surface area contributed by atoms with Gasteiger partial charge in [-0.3, -0.25) is 0 Å². The fraction of sp³-hybridized carbons (Fsp3) is 0.308. The minimum absolute atomic E-state index is 0.312. The van der Waals surface area contributed by atoms with Crippen LogP contribution >= 0.6 is 15.9 Å². The van der Waals surface area contributed by atoms with Crippen LogP contribution in [0.2, 0.25) is 0 Å². The Hall–Kier alpha value is -1.20. The van der Waals surface area contributed by atoms with Crippen molar-refractivity contribution in [1.29, 1.82) is 0 Å². The second kappa shape index (κ2) is 5.63. The van der Waals surface area contributed by atoms with Gasteiger partial charge in [-0.15, -0.1) is 0 Å². The maximum Gasteiger partial charge on any atom is 0.137 e. The van der Waals surface area contributed by atoms with Gasteiger partial charge in [-0.2, -0.15) is 0 Å². The predicted molar refractivity (Wildman–Crippen MR) is 70.7 cm³/mol. The third kappa shape index (κ3) is 2.62. The number of aliphatic hydroxyl groups is 1. The number of imidazole rings is 1. The zero-order valence-electron chi connectivity index (χ0n) is 9.98. The third-order valence-electron chi connectivity index (χ3n) is 2.86. The molecule has 0 saturated carbocycles. The largest absolute Gasteiger partial charge is 0.388 e. The van der Waals surface area contributed by atoms with Gasteiger partial charge in [0.25, 0.3) is 0 Å². The molecule has 2 rings (SSSR count). The van der Waals surface area contributed by atoms with Gasteiger partial charge in [0.15, 0.2) is 0 Å². The van der Waals surface area contributed by atoms with Crippen LogP contribution in [0.15, 0.2) is 35.1 Å². The number of aliphatic hydroxyl groups excluding tert-OH is 1. The molecule has 96 valence electrons. The molecule has 0 radical (unpaired) electrons. The van der Waals surface area contributed by atoms with Crippen LogP contribution < -0.4 is 0 Å². The molecule has 1 atom stereocenters. The molecule has 0 saturated heterocycles. The van der Waals surface area contributed by atoms with E-state index in [-0.39, 0.29) is 5.82 Å². The molecular weight excluding hydrogens is 299 g/mol. The van der Waals surface area contributed by atoms with Gasteiger partial charge >= 0.3 is 0 Å². The fourth-order valence-corrected chi connectivity index (χ4v) is 2.41. The molecule has 1 unspecified atom stereocenters. The zero-order valence-corrected chi connectivity index (χ0v) is 11.6. The normalized spacial score (nSPS) is 12.7. The molecule has 2 aromatic rings. The maximum absolute atomic E-state index is 13.4. The fourth-order valence-electron chi connectivity index (χ4n) is 1.88. The van der Waals surface area contributed by atoms with Gasteiger partial charge < -0.3 is 9.67 Å². The third-order valence-corrected chi connectivity index (χ3v) is 3.70. The Morgan fingerprint density at radius 1 is 1.50 bits per heavy atom. The Bertz CT molecular complexity index is 542. The van der Waals surface area contributed by atoms with E-state index in [4.69, 9.17) is 0 Å². The molecule has 0 bridgehead atoms. The Morgan fingerprint density at radius 2 is 2.28 bits per heavy atom. The number of hydrogen-bond acceptors (Lipinski definition) is 2. The summed E-state index contributed by atoms with van der Waals surface area (Å²) in [5.74, 6) is 0.423. The summed E-state index contributed by atoms with van der Waals surface area (Å²) < 4.78 is 15.7. The van der Waals surface area contributed by atoms with Gasteiger partial charge in [-0.1, -0.05) is 12.1 Å². The lowest BCUT2D eigenvalue weighted by Gasteiger charge is -2.13. The molecule has 5 heteroatoms. The first-order chi connectivity index (χ1) is 8.63. The summed E-state index contributed by atoms with van der Waals surface area (Å²) in [6, 6.07) is 4.65. The first-order valence-electron chi connectivity index (χ1n) is 5.75. The molecule has 0 aliphatic rings. The number of rotatable bonds is 4. The van der Waals surface area contributed by atoms with Gasteiger partial charge in [0, 0.05) is 25.4 Å². The quantitative estimate of drug-likeness (QED) is 0.942. The van der Waals surface area contributed by atoms with Crippen LogP contribution in [0.5, 0.6) is 0 Å². The summed E-state index contributed by atoms with van der Waals surface area (Å²) in [4.78, 5) is 4.20. The Morgan fingerprint density at radius 3 is 3.00 bits per heavy atom. The lowest BCUT2D eigenvalue weighted by Crippen LogP contribution is -2.09. The van der Waals surface area contributed by atoms with Crippen LogP contribution in [0.4, 0.5) is 4.39 Å². The van der Waals surface area contributed by atoms with Crippen molar-refractivity contribution in [3.05, 3.63) is 52.3 Å². The minimum atomic E-state index is -0.775. The monoisotopic (exact) mass is 312 g/mol. The SMILES string of the molecule is CCn1ccnc1CC(O)c1cccc(F)c1Br. The van der Waals surface area contributed by atoms with Crippen molar-refractivity contribution in [2.24, 2.45) is 0 Å². The summed E-state index contributed by atoms with van der Waals surface area (Å²) in [5, 5.41) is 10.2. The lowest BCUT2D eigenvalue weighted by atomic mass is 10.1. The van der Waals surface area contributed by atoms with Crippen LogP contribution in [-0.4, -0.2) is 14.7 Å². The second-order valence-electron chi connectivity index (χ2n) is 3.99. The lowest BCUT2D eigenvalue weighted by molar-refractivity contribution is 0.173. The van der Waals surface area contributed by atoms with E-state index in [1.54, 1.807) is 18.3 Å². The van der Waals surface area contributed by atoms with Gasteiger partial charge in [0.1, 0.15) is 11.6 Å². The van der Waals surface area contributed by atoms with Crippen LogP contribution in [-0.2, 0) is 13.0 Å². The molecule has 0 spiro atoms. The number of halogens is 2. The topological polar surface area (TPSA) is 38.0 Å². The van der Waals surface area contributed by atoms with Crippen LogP contribution in [0, 0.1) is 5.82 Å². The highest BCUT2D eigenvalue weighted by molar-refractivity contribution is 9.10. The summed E-state index contributed by atoms with van der Waals surface area (Å²) in [6.45, 7) is 2.81. The number of benzene rings is 1.